The van der Waals surface area contributed by atoms with Crippen molar-refractivity contribution >= 4 is 11.6 Å². The molecule has 1 amide bonds. The molecule has 0 radical (unpaired) electrons. The Hall–Kier alpha value is -2.33. The first-order chi connectivity index (χ1) is 12.8. The summed E-state index contributed by atoms with van der Waals surface area (Å²) in [5.41, 5.74) is 3.34. The molecule has 3 rings (SSSR count). The molecule has 4 nitrogen and oxygen atoms in total. The highest BCUT2D eigenvalue weighted by atomic mass is 16.1. The van der Waals surface area contributed by atoms with Crippen LogP contribution in [0.15, 0.2) is 54.6 Å². The molecule has 1 heterocycles. The van der Waals surface area contributed by atoms with E-state index < -0.39 is 0 Å². The van der Waals surface area contributed by atoms with Crippen LogP contribution in [0.1, 0.15) is 29.3 Å². The predicted molar refractivity (Wildman–Crippen MR) is 108 cm³/mol. The molecule has 4 heteroatoms. The molecule has 0 aromatic heterocycles. The number of anilines is 1. The number of para-hydroxylation sites is 1. The van der Waals surface area contributed by atoms with Crippen molar-refractivity contribution in [1.82, 2.24) is 10.2 Å². The van der Waals surface area contributed by atoms with Crippen LogP contribution in [0.2, 0.25) is 0 Å². The summed E-state index contributed by atoms with van der Waals surface area (Å²) in [4.78, 5) is 17.1. The zero-order valence-electron chi connectivity index (χ0n) is 15.7. The van der Waals surface area contributed by atoms with Gasteiger partial charge >= 0.3 is 0 Å². The molecular formula is C22H29N3O. The first-order valence-electron chi connectivity index (χ1n) is 9.66. The third-order valence-corrected chi connectivity index (χ3v) is 4.96. The minimum absolute atomic E-state index is 0.0240. The second kappa shape index (κ2) is 9.39. The van der Waals surface area contributed by atoms with Crippen LogP contribution < -0.4 is 10.2 Å². The van der Waals surface area contributed by atoms with Gasteiger partial charge in [-0.25, -0.2) is 0 Å². The molecule has 0 atom stereocenters. The van der Waals surface area contributed by atoms with Gasteiger partial charge in [0.1, 0.15) is 0 Å². The first-order valence-corrected chi connectivity index (χ1v) is 9.66. The van der Waals surface area contributed by atoms with Crippen LogP contribution in [0, 0.1) is 0 Å². The van der Waals surface area contributed by atoms with Gasteiger partial charge in [-0.1, -0.05) is 43.7 Å². The molecule has 1 aliphatic heterocycles. The lowest BCUT2D eigenvalue weighted by Gasteiger charge is -2.36. The van der Waals surface area contributed by atoms with Gasteiger partial charge in [0.25, 0.3) is 5.91 Å². The van der Waals surface area contributed by atoms with E-state index in [2.05, 4.69) is 64.5 Å². The quantitative estimate of drug-likeness (QED) is 0.832. The summed E-state index contributed by atoms with van der Waals surface area (Å²) in [5, 5.41) is 3.05. The van der Waals surface area contributed by atoms with Crippen molar-refractivity contribution < 1.29 is 4.79 Å². The van der Waals surface area contributed by atoms with E-state index in [4.69, 9.17) is 0 Å². The fourth-order valence-corrected chi connectivity index (χ4v) is 3.41. The molecule has 0 aliphatic carbocycles. The Morgan fingerprint density at radius 2 is 1.65 bits per heavy atom. The number of piperazine rings is 1. The van der Waals surface area contributed by atoms with E-state index in [1.54, 1.807) is 0 Å². The van der Waals surface area contributed by atoms with Gasteiger partial charge in [0, 0.05) is 50.5 Å². The Kier molecular flexibility index (Phi) is 6.67. The van der Waals surface area contributed by atoms with Gasteiger partial charge in [-0.05, 0) is 36.2 Å². The second-order valence-corrected chi connectivity index (χ2v) is 6.87. The molecule has 0 unspecified atom stereocenters. The van der Waals surface area contributed by atoms with Crippen LogP contribution in [0.4, 0.5) is 5.69 Å². The van der Waals surface area contributed by atoms with Crippen molar-refractivity contribution in [2.45, 2.75) is 19.8 Å². The number of hydrogen-bond acceptors (Lipinski definition) is 3. The zero-order chi connectivity index (χ0) is 18.2. The number of carbonyl (C=O) groups is 1. The standard InChI is InChI=1S/C22H29N3O/c1-2-6-19-9-11-20(12-10-19)22(26)23-13-14-24-15-17-25(18-16-24)21-7-4-3-5-8-21/h3-5,7-12H,2,6,13-18H2,1H3,(H,23,26). The van der Waals surface area contributed by atoms with Crippen molar-refractivity contribution in [3.05, 3.63) is 65.7 Å². The van der Waals surface area contributed by atoms with E-state index >= 15 is 0 Å². The van der Waals surface area contributed by atoms with E-state index in [0.29, 0.717) is 6.54 Å². The van der Waals surface area contributed by atoms with Crippen molar-refractivity contribution in [2.24, 2.45) is 0 Å². The van der Waals surface area contributed by atoms with E-state index in [1.807, 2.05) is 12.1 Å². The molecule has 1 fully saturated rings. The zero-order valence-corrected chi connectivity index (χ0v) is 15.7. The van der Waals surface area contributed by atoms with E-state index in [9.17, 15) is 4.79 Å². The van der Waals surface area contributed by atoms with Crippen molar-refractivity contribution in [2.75, 3.05) is 44.2 Å². The molecule has 1 aliphatic rings. The minimum Gasteiger partial charge on any atom is -0.369 e. The molecular weight excluding hydrogens is 322 g/mol. The molecule has 0 spiro atoms. The number of amides is 1. The number of hydrogen-bond donors (Lipinski definition) is 1. The number of carbonyl (C=O) groups excluding carboxylic acids is 1. The molecule has 26 heavy (non-hydrogen) atoms. The normalized spacial score (nSPS) is 15.0. The Labute approximate surface area is 156 Å². The Bertz CT molecular complexity index is 676. The summed E-state index contributed by atoms with van der Waals surface area (Å²) in [6.07, 6.45) is 2.19. The lowest BCUT2D eigenvalue weighted by atomic mass is 10.1. The predicted octanol–water partition coefficient (Wildman–Crippen LogP) is 3.19. The number of nitrogens with one attached hydrogen (secondary N) is 1. The Balaban J connectivity index is 1.38. The topological polar surface area (TPSA) is 35.6 Å². The number of rotatable bonds is 7. The number of aryl methyl sites for hydroxylation is 1. The van der Waals surface area contributed by atoms with Gasteiger partial charge in [-0.2, -0.15) is 0 Å². The summed E-state index contributed by atoms with van der Waals surface area (Å²) in [6.45, 7) is 7.92. The maximum atomic E-state index is 12.3. The maximum Gasteiger partial charge on any atom is 0.251 e. The molecule has 0 saturated carbocycles. The van der Waals surface area contributed by atoms with Crippen molar-refractivity contribution in [3.63, 3.8) is 0 Å². The lowest BCUT2D eigenvalue weighted by Crippen LogP contribution is -2.48. The van der Waals surface area contributed by atoms with Crippen LogP contribution in [0.3, 0.4) is 0 Å². The second-order valence-electron chi connectivity index (χ2n) is 6.87. The molecule has 2 aromatic carbocycles. The monoisotopic (exact) mass is 351 g/mol. The number of nitrogens with zero attached hydrogens (tertiary/aromatic N) is 2. The van der Waals surface area contributed by atoms with Gasteiger partial charge < -0.3 is 10.2 Å². The average molecular weight is 351 g/mol. The molecule has 1 N–H and O–H groups in total. The first kappa shape index (κ1) is 18.5. The summed E-state index contributed by atoms with van der Waals surface area (Å²) >= 11 is 0. The van der Waals surface area contributed by atoms with Crippen LogP contribution in [0.5, 0.6) is 0 Å². The molecule has 2 aromatic rings. The van der Waals surface area contributed by atoms with E-state index in [1.165, 1.54) is 11.3 Å². The lowest BCUT2D eigenvalue weighted by molar-refractivity contribution is 0.0948. The Morgan fingerprint density at radius 1 is 0.962 bits per heavy atom. The van der Waals surface area contributed by atoms with E-state index in [-0.39, 0.29) is 5.91 Å². The van der Waals surface area contributed by atoms with Crippen LogP contribution in [-0.2, 0) is 6.42 Å². The minimum atomic E-state index is 0.0240. The summed E-state index contributed by atoms with van der Waals surface area (Å²) in [5.74, 6) is 0.0240. The largest absolute Gasteiger partial charge is 0.369 e. The van der Waals surface area contributed by atoms with Gasteiger partial charge in [0.05, 0.1) is 0 Å². The van der Waals surface area contributed by atoms with Crippen molar-refractivity contribution in [1.29, 1.82) is 0 Å². The number of benzene rings is 2. The van der Waals surface area contributed by atoms with Crippen molar-refractivity contribution in [3.8, 4) is 0 Å². The maximum absolute atomic E-state index is 12.3. The molecule has 1 saturated heterocycles. The molecule has 138 valence electrons. The third-order valence-electron chi connectivity index (χ3n) is 4.96. The SMILES string of the molecule is CCCc1ccc(C(=O)NCCN2CCN(c3ccccc3)CC2)cc1. The van der Waals surface area contributed by atoms with E-state index in [0.717, 1.165) is 51.1 Å². The Morgan fingerprint density at radius 3 is 2.31 bits per heavy atom. The fraction of sp³-hybridized carbons (Fsp3) is 0.409. The van der Waals surface area contributed by atoms with Gasteiger partial charge in [-0.15, -0.1) is 0 Å². The van der Waals surface area contributed by atoms with Crippen LogP contribution in [-0.4, -0.2) is 50.1 Å². The third kappa shape index (κ3) is 5.09. The van der Waals surface area contributed by atoms with Crippen LogP contribution in [0.25, 0.3) is 0 Å². The molecule has 0 bridgehead atoms. The highest BCUT2D eigenvalue weighted by molar-refractivity contribution is 5.94. The van der Waals surface area contributed by atoms with Crippen LogP contribution >= 0.6 is 0 Å². The summed E-state index contributed by atoms with van der Waals surface area (Å²) < 4.78 is 0. The smallest absolute Gasteiger partial charge is 0.251 e. The fourth-order valence-electron chi connectivity index (χ4n) is 3.41. The summed E-state index contributed by atoms with van der Waals surface area (Å²) in [6, 6.07) is 18.5. The summed E-state index contributed by atoms with van der Waals surface area (Å²) in [7, 11) is 0. The highest BCUT2D eigenvalue weighted by Crippen LogP contribution is 2.15. The van der Waals surface area contributed by atoms with Gasteiger partial charge in [0.15, 0.2) is 0 Å². The van der Waals surface area contributed by atoms with Gasteiger partial charge in [-0.3, -0.25) is 9.69 Å². The van der Waals surface area contributed by atoms with Gasteiger partial charge in [0.2, 0.25) is 0 Å². The highest BCUT2D eigenvalue weighted by Gasteiger charge is 2.16. The average Bonchev–Trinajstić information content (AvgIpc) is 2.70.